The van der Waals surface area contributed by atoms with Gasteiger partial charge in [0.1, 0.15) is 6.73 Å². The van der Waals surface area contributed by atoms with Gasteiger partial charge in [-0.2, -0.15) is 0 Å². The molecule has 0 radical (unpaired) electrons. The van der Waals surface area contributed by atoms with Crippen LogP contribution in [0.15, 0.2) is 30.5 Å². The second-order valence-electron chi connectivity index (χ2n) is 3.85. The highest BCUT2D eigenvalue weighted by molar-refractivity contribution is 6.06. The Balaban J connectivity index is 2.38. The molecule has 0 saturated carbocycles. The third-order valence-electron chi connectivity index (χ3n) is 2.63. The lowest BCUT2D eigenvalue weighted by Gasteiger charge is -2.05. The van der Waals surface area contributed by atoms with Crippen molar-refractivity contribution < 1.29 is 14.6 Å². The summed E-state index contributed by atoms with van der Waals surface area (Å²) in [4.78, 5) is 11.5. The van der Waals surface area contributed by atoms with Crippen LogP contribution in [-0.4, -0.2) is 28.7 Å². The van der Waals surface area contributed by atoms with E-state index in [-0.39, 0.29) is 12.4 Å². The SMILES string of the molecule is CC(=O)c1cn(COCCO)c2ccccc12. The summed E-state index contributed by atoms with van der Waals surface area (Å²) in [5.74, 6) is 0.0436. The van der Waals surface area contributed by atoms with Gasteiger partial charge in [-0.15, -0.1) is 0 Å². The highest BCUT2D eigenvalue weighted by Crippen LogP contribution is 2.21. The largest absolute Gasteiger partial charge is 0.394 e. The van der Waals surface area contributed by atoms with Crippen molar-refractivity contribution in [3.8, 4) is 0 Å². The van der Waals surface area contributed by atoms with E-state index in [1.807, 2.05) is 28.8 Å². The highest BCUT2D eigenvalue weighted by atomic mass is 16.5. The van der Waals surface area contributed by atoms with Crippen molar-refractivity contribution in [2.45, 2.75) is 13.7 Å². The first-order valence-corrected chi connectivity index (χ1v) is 5.51. The summed E-state index contributed by atoms with van der Waals surface area (Å²) in [5, 5.41) is 9.60. The fourth-order valence-electron chi connectivity index (χ4n) is 1.86. The van der Waals surface area contributed by atoms with Gasteiger partial charge in [-0.05, 0) is 13.0 Å². The molecule has 0 atom stereocenters. The number of ether oxygens (including phenoxy) is 1. The number of para-hydroxylation sites is 1. The van der Waals surface area contributed by atoms with Crippen LogP contribution in [0.4, 0.5) is 0 Å². The van der Waals surface area contributed by atoms with Gasteiger partial charge in [0.25, 0.3) is 0 Å². The Kier molecular flexibility index (Phi) is 3.56. The normalized spacial score (nSPS) is 10.9. The van der Waals surface area contributed by atoms with Crippen LogP contribution in [0.5, 0.6) is 0 Å². The van der Waals surface area contributed by atoms with Crippen molar-refractivity contribution in [1.82, 2.24) is 4.57 Å². The van der Waals surface area contributed by atoms with E-state index in [0.29, 0.717) is 18.9 Å². The van der Waals surface area contributed by atoms with Gasteiger partial charge in [0.05, 0.1) is 18.7 Å². The van der Waals surface area contributed by atoms with E-state index in [2.05, 4.69) is 0 Å². The number of hydrogen-bond donors (Lipinski definition) is 1. The van der Waals surface area contributed by atoms with Crippen LogP contribution in [0.3, 0.4) is 0 Å². The Labute approximate surface area is 99.4 Å². The molecular weight excluding hydrogens is 218 g/mol. The molecule has 0 spiro atoms. The van der Waals surface area contributed by atoms with Crippen molar-refractivity contribution in [3.63, 3.8) is 0 Å². The van der Waals surface area contributed by atoms with E-state index in [4.69, 9.17) is 9.84 Å². The van der Waals surface area contributed by atoms with Crippen LogP contribution in [0.2, 0.25) is 0 Å². The number of nitrogens with zero attached hydrogens (tertiary/aromatic N) is 1. The molecule has 2 aromatic rings. The molecule has 90 valence electrons. The van der Waals surface area contributed by atoms with Crippen molar-refractivity contribution in [2.24, 2.45) is 0 Å². The van der Waals surface area contributed by atoms with Crippen LogP contribution >= 0.6 is 0 Å². The Bertz CT molecular complexity index is 530. The van der Waals surface area contributed by atoms with Crippen molar-refractivity contribution >= 4 is 16.7 Å². The van der Waals surface area contributed by atoms with Crippen molar-refractivity contribution in [2.75, 3.05) is 13.2 Å². The fraction of sp³-hybridized carbons (Fsp3) is 0.308. The number of fused-ring (bicyclic) bond motifs is 1. The Hall–Kier alpha value is -1.65. The minimum Gasteiger partial charge on any atom is -0.394 e. The van der Waals surface area contributed by atoms with E-state index in [0.717, 1.165) is 10.9 Å². The first-order valence-electron chi connectivity index (χ1n) is 5.51. The summed E-state index contributed by atoms with van der Waals surface area (Å²) >= 11 is 0. The number of aliphatic hydroxyl groups is 1. The number of hydrogen-bond acceptors (Lipinski definition) is 3. The molecule has 1 heterocycles. The zero-order chi connectivity index (χ0) is 12.3. The van der Waals surface area contributed by atoms with Crippen molar-refractivity contribution in [3.05, 3.63) is 36.0 Å². The molecule has 0 saturated heterocycles. The predicted octanol–water partition coefficient (Wildman–Crippen LogP) is 1.81. The lowest BCUT2D eigenvalue weighted by atomic mass is 10.1. The van der Waals surface area contributed by atoms with Crippen molar-refractivity contribution in [1.29, 1.82) is 0 Å². The van der Waals surface area contributed by atoms with Crippen LogP contribution in [-0.2, 0) is 11.5 Å². The van der Waals surface area contributed by atoms with E-state index in [9.17, 15) is 4.79 Å². The van der Waals surface area contributed by atoms with E-state index >= 15 is 0 Å². The summed E-state index contributed by atoms with van der Waals surface area (Å²) < 4.78 is 7.15. The number of benzene rings is 1. The molecule has 1 aromatic heterocycles. The molecule has 4 heteroatoms. The van der Waals surface area contributed by atoms with Gasteiger partial charge >= 0.3 is 0 Å². The highest BCUT2D eigenvalue weighted by Gasteiger charge is 2.10. The van der Waals surface area contributed by atoms with Gasteiger partial charge in [0, 0.05) is 17.1 Å². The molecule has 0 aliphatic carbocycles. The number of carbonyl (C=O) groups excluding carboxylic acids is 1. The molecule has 2 rings (SSSR count). The molecule has 0 aliphatic rings. The number of aliphatic hydroxyl groups excluding tert-OH is 1. The van der Waals surface area contributed by atoms with E-state index in [1.54, 1.807) is 13.1 Å². The Morgan fingerprint density at radius 3 is 2.88 bits per heavy atom. The third kappa shape index (κ3) is 2.38. The summed E-state index contributed by atoms with van der Waals surface area (Å²) in [6.07, 6.45) is 1.80. The maximum absolute atomic E-state index is 11.5. The first-order chi connectivity index (χ1) is 8.24. The van der Waals surface area contributed by atoms with Gasteiger partial charge in [0.15, 0.2) is 5.78 Å². The van der Waals surface area contributed by atoms with Crippen LogP contribution in [0.25, 0.3) is 10.9 Å². The predicted molar refractivity (Wildman–Crippen MR) is 65.0 cm³/mol. The topological polar surface area (TPSA) is 51.5 Å². The summed E-state index contributed by atoms with van der Waals surface area (Å²) in [7, 11) is 0. The van der Waals surface area contributed by atoms with Gasteiger partial charge in [-0.25, -0.2) is 0 Å². The van der Waals surface area contributed by atoms with E-state index < -0.39 is 0 Å². The molecule has 1 aromatic carbocycles. The molecule has 0 unspecified atom stereocenters. The standard InChI is InChI=1S/C13H15NO3/c1-10(16)12-8-14(9-17-7-6-15)13-5-3-2-4-11(12)13/h2-5,8,15H,6-7,9H2,1H3. The van der Waals surface area contributed by atoms with Crippen LogP contribution < -0.4 is 0 Å². The second-order valence-corrected chi connectivity index (χ2v) is 3.85. The molecule has 17 heavy (non-hydrogen) atoms. The molecule has 0 fully saturated rings. The molecular formula is C13H15NO3. The number of carbonyl (C=O) groups is 1. The summed E-state index contributed by atoms with van der Waals surface area (Å²) in [5.41, 5.74) is 1.67. The third-order valence-corrected chi connectivity index (χ3v) is 2.63. The molecule has 0 amide bonds. The molecule has 4 nitrogen and oxygen atoms in total. The fourth-order valence-corrected chi connectivity index (χ4v) is 1.86. The molecule has 0 bridgehead atoms. The zero-order valence-corrected chi connectivity index (χ0v) is 9.72. The first kappa shape index (κ1) is 11.8. The molecule has 0 aliphatic heterocycles. The quantitative estimate of drug-likeness (QED) is 0.633. The lowest BCUT2D eigenvalue weighted by Crippen LogP contribution is -2.04. The van der Waals surface area contributed by atoms with Crippen LogP contribution in [0, 0.1) is 0 Å². The van der Waals surface area contributed by atoms with Gasteiger partial charge in [0.2, 0.25) is 0 Å². The Morgan fingerprint density at radius 2 is 2.18 bits per heavy atom. The molecule has 1 N–H and O–H groups in total. The number of rotatable bonds is 5. The maximum atomic E-state index is 11.5. The number of Topliss-reactive ketones (excluding diaryl/α,β-unsaturated/α-hetero) is 1. The van der Waals surface area contributed by atoms with Gasteiger partial charge in [-0.1, -0.05) is 18.2 Å². The smallest absolute Gasteiger partial charge is 0.161 e. The summed E-state index contributed by atoms with van der Waals surface area (Å²) in [6, 6.07) is 7.71. The monoisotopic (exact) mass is 233 g/mol. The number of ketones is 1. The maximum Gasteiger partial charge on any atom is 0.161 e. The average molecular weight is 233 g/mol. The zero-order valence-electron chi connectivity index (χ0n) is 9.72. The summed E-state index contributed by atoms with van der Waals surface area (Å²) in [6.45, 7) is 2.19. The van der Waals surface area contributed by atoms with Gasteiger partial charge < -0.3 is 14.4 Å². The van der Waals surface area contributed by atoms with E-state index in [1.165, 1.54) is 0 Å². The van der Waals surface area contributed by atoms with Gasteiger partial charge in [-0.3, -0.25) is 4.79 Å². The minimum absolute atomic E-state index is 0.00122. The minimum atomic E-state index is -0.00122. The Morgan fingerprint density at radius 1 is 1.41 bits per heavy atom. The second kappa shape index (κ2) is 5.12. The lowest BCUT2D eigenvalue weighted by molar-refractivity contribution is 0.0503. The average Bonchev–Trinajstić information content (AvgIpc) is 2.69. The number of aromatic nitrogens is 1. The van der Waals surface area contributed by atoms with Crippen LogP contribution in [0.1, 0.15) is 17.3 Å².